The van der Waals surface area contributed by atoms with Gasteiger partial charge in [-0.15, -0.1) is 0 Å². The number of fused-ring (bicyclic) bond motifs is 2. The van der Waals surface area contributed by atoms with Crippen molar-refractivity contribution in [3.05, 3.63) is 28.2 Å². The molecule has 4 atom stereocenters. The minimum atomic E-state index is -0.842. The summed E-state index contributed by atoms with van der Waals surface area (Å²) >= 11 is 3.26. The van der Waals surface area contributed by atoms with Crippen LogP contribution >= 0.6 is 15.9 Å². The van der Waals surface area contributed by atoms with Crippen LogP contribution in [-0.2, 0) is 4.79 Å². The molecule has 112 valence electrons. The summed E-state index contributed by atoms with van der Waals surface area (Å²) in [5.74, 6) is -1.49. The van der Waals surface area contributed by atoms with Crippen LogP contribution in [0.15, 0.2) is 22.7 Å². The van der Waals surface area contributed by atoms with Gasteiger partial charge in [0.15, 0.2) is 0 Å². The van der Waals surface area contributed by atoms with Crippen LogP contribution in [0.2, 0.25) is 0 Å². The largest absolute Gasteiger partial charge is 0.507 e. The molecular formula is C15H16BrNO4. The summed E-state index contributed by atoms with van der Waals surface area (Å²) in [7, 11) is 0. The molecule has 3 N–H and O–H groups in total. The number of aromatic hydroxyl groups is 1. The number of carbonyl (C=O) groups excluding carboxylic acids is 1. The Bertz CT molecular complexity index is 603. The van der Waals surface area contributed by atoms with Gasteiger partial charge in [0.2, 0.25) is 0 Å². The van der Waals surface area contributed by atoms with E-state index in [1.54, 1.807) is 6.07 Å². The zero-order valence-electron chi connectivity index (χ0n) is 11.3. The topological polar surface area (TPSA) is 86.6 Å². The highest BCUT2D eigenvalue weighted by atomic mass is 79.9. The molecule has 0 radical (unpaired) electrons. The van der Waals surface area contributed by atoms with E-state index in [1.165, 1.54) is 12.1 Å². The maximum Gasteiger partial charge on any atom is 0.308 e. The zero-order chi connectivity index (χ0) is 15.1. The molecule has 2 fully saturated rings. The molecule has 0 aliphatic heterocycles. The van der Waals surface area contributed by atoms with Crippen molar-refractivity contribution in [1.29, 1.82) is 0 Å². The Labute approximate surface area is 130 Å². The van der Waals surface area contributed by atoms with Gasteiger partial charge in [0.25, 0.3) is 5.91 Å². The highest BCUT2D eigenvalue weighted by Gasteiger charge is 2.51. The van der Waals surface area contributed by atoms with E-state index in [9.17, 15) is 19.8 Å². The minimum absolute atomic E-state index is 0.106. The molecule has 2 saturated carbocycles. The first-order valence-electron chi connectivity index (χ1n) is 6.99. The van der Waals surface area contributed by atoms with E-state index in [2.05, 4.69) is 21.2 Å². The van der Waals surface area contributed by atoms with Crippen LogP contribution in [0.5, 0.6) is 5.75 Å². The van der Waals surface area contributed by atoms with Crippen molar-refractivity contribution in [3.8, 4) is 5.75 Å². The summed E-state index contributed by atoms with van der Waals surface area (Å²) in [6.07, 6.45) is 2.76. The maximum atomic E-state index is 12.3. The zero-order valence-corrected chi connectivity index (χ0v) is 12.8. The molecule has 0 saturated heterocycles. The second-order valence-corrected chi connectivity index (χ2v) is 6.77. The number of phenols is 1. The predicted octanol–water partition coefficient (Wildman–Crippen LogP) is 2.38. The molecule has 1 aromatic carbocycles. The van der Waals surface area contributed by atoms with Gasteiger partial charge in [0.05, 0.1) is 11.5 Å². The second kappa shape index (κ2) is 5.33. The summed E-state index contributed by atoms with van der Waals surface area (Å²) in [5, 5.41) is 22.0. The number of nitrogens with one attached hydrogen (secondary N) is 1. The van der Waals surface area contributed by atoms with Crippen molar-refractivity contribution < 1.29 is 19.8 Å². The Balaban J connectivity index is 1.81. The van der Waals surface area contributed by atoms with Gasteiger partial charge in [-0.3, -0.25) is 9.59 Å². The fourth-order valence-corrected chi connectivity index (χ4v) is 4.13. The summed E-state index contributed by atoms with van der Waals surface area (Å²) < 4.78 is 0.688. The minimum Gasteiger partial charge on any atom is -0.507 e. The first kappa shape index (κ1) is 14.4. The molecule has 1 amide bonds. The van der Waals surface area contributed by atoms with E-state index in [0.29, 0.717) is 4.47 Å². The molecule has 4 unspecified atom stereocenters. The number of carboxylic acids is 1. The number of hydrogen-bond acceptors (Lipinski definition) is 3. The fraction of sp³-hybridized carbons (Fsp3) is 0.467. The highest BCUT2D eigenvalue weighted by Crippen LogP contribution is 2.48. The van der Waals surface area contributed by atoms with Crippen LogP contribution < -0.4 is 5.32 Å². The van der Waals surface area contributed by atoms with Crippen LogP contribution in [0.1, 0.15) is 29.6 Å². The predicted molar refractivity (Wildman–Crippen MR) is 79.0 cm³/mol. The molecule has 0 aromatic heterocycles. The number of benzene rings is 1. The first-order valence-corrected chi connectivity index (χ1v) is 7.79. The van der Waals surface area contributed by atoms with E-state index < -0.39 is 17.8 Å². The lowest BCUT2D eigenvalue weighted by Gasteiger charge is -2.29. The van der Waals surface area contributed by atoms with Crippen molar-refractivity contribution in [3.63, 3.8) is 0 Å². The molecule has 1 aromatic rings. The second-order valence-electron chi connectivity index (χ2n) is 5.86. The van der Waals surface area contributed by atoms with Crippen molar-refractivity contribution in [2.75, 3.05) is 0 Å². The third-order valence-electron chi connectivity index (χ3n) is 4.70. The highest BCUT2D eigenvalue weighted by molar-refractivity contribution is 9.10. The van der Waals surface area contributed by atoms with Crippen LogP contribution in [-0.4, -0.2) is 28.1 Å². The van der Waals surface area contributed by atoms with Crippen molar-refractivity contribution in [2.24, 2.45) is 17.8 Å². The van der Waals surface area contributed by atoms with Gasteiger partial charge in [-0.2, -0.15) is 0 Å². The third-order valence-corrected chi connectivity index (χ3v) is 5.20. The molecule has 2 aliphatic rings. The number of halogens is 1. The molecule has 6 heteroatoms. The SMILES string of the molecule is O=C(NC1C2CCC(C2)C1C(=O)O)c1cc(Br)ccc1O. The average Bonchev–Trinajstić information content (AvgIpc) is 3.02. The number of hydrogen-bond donors (Lipinski definition) is 3. The Morgan fingerprint density at radius 2 is 1.95 bits per heavy atom. The molecule has 0 spiro atoms. The van der Waals surface area contributed by atoms with Gasteiger partial charge in [0, 0.05) is 10.5 Å². The van der Waals surface area contributed by atoms with Crippen LogP contribution in [0, 0.1) is 17.8 Å². The molecule has 2 bridgehead atoms. The summed E-state index contributed by atoms with van der Waals surface area (Å²) in [6.45, 7) is 0. The lowest BCUT2D eigenvalue weighted by atomic mass is 9.84. The quantitative estimate of drug-likeness (QED) is 0.778. The van der Waals surface area contributed by atoms with Crippen LogP contribution in [0.3, 0.4) is 0 Å². The lowest BCUT2D eigenvalue weighted by Crippen LogP contribution is -2.46. The number of carboxylic acid groups (broad SMARTS) is 1. The van der Waals surface area contributed by atoms with E-state index >= 15 is 0 Å². The summed E-state index contributed by atoms with van der Waals surface area (Å²) in [4.78, 5) is 23.8. The van der Waals surface area contributed by atoms with Gasteiger partial charge < -0.3 is 15.5 Å². The number of amides is 1. The fourth-order valence-electron chi connectivity index (χ4n) is 3.77. The van der Waals surface area contributed by atoms with E-state index in [-0.39, 0.29) is 29.2 Å². The van der Waals surface area contributed by atoms with Crippen LogP contribution in [0.25, 0.3) is 0 Å². The maximum absolute atomic E-state index is 12.3. The van der Waals surface area contributed by atoms with Gasteiger partial charge >= 0.3 is 5.97 Å². The monoisotopic (exact) mass is 353 g/mol. The van der Waals surface area contributed by atoms with Gasteiger partial charge in [0.1, 0.15) is 5.75 Å². The number of rotatable bonds is 3. The van der Waals surface area contributed by atoms with Gasteiger partial charge in [-0.05, 0) is 49.3 Å². The van der Waals surface area contributed by atoms with Gasteiger partial charge in [-0.1, -0.05) is 15.9 Å². The van der Waals surface area contributed by atoms with Crippen LogP contribution in [0.4, 0.5) is 0 Å². The standard InChI is InChI=1S/C15H16BrNO4/c16-9-3-4-11(18)10(6-9)14(19)17-13-8-2-1-7(5-8)12(13)15(20)21/h3-4,6-8,12-13,18H,1-2,5H2,(H,17,19)(H,20,21). The van der Waals surface area contributed by atoms with E-state index in [0.717, 1.165) is 19.3 Å². The van der Waals surface area contributed by atoms with Gasteiger partial charge in [-0.25, -0.2) is 0 Å². The molecular weight excluding hydrogens is 338 g/mol. The Kier molecular flexibility index (Phi) is 3.65. The normalized spacial score (nSPS) is 30.3. The average molecular weight is 354 g/mol. The molecule has 0 heterocycles. The first-order chi connectivity index (χ1) is 9.97. The summed E-state index contributed by atoms with van der Waals surface area (Å²) in [5.41, 5.74) is 0.163. The van der Waals surface area contributed by atoms with Crippen molar-refractivity contribution in [2.45, 2.75) is 25.3 Å². The van der Waals surface area contributed by atoms with Crippen molar-refractivity contribution >= 4 is 27.8 Å². The molecule has 21 heavy (non-hydrogen) atoms. The van der Waals surface area contributed by atoms with Crippen molar-refractivity contribution in [1.82, 2.24) is 5.32 Å². The Morgan fingerprint density at radius 1 is 1.24 bits per heavy atom. The number of carbonyl (C=O) groups is 2. The molecule has 5 nitrogen and oxygen atoms in total. The van der Waals surface area contributed by atoms with E-state index in [4.69, 9.17) is 0 Å². The molecule has 2 aliphatic carbocycles. The number of aliphatic carboxylic acids is 1. The molecule has 3 rings (SSSR count). The van der Waals surface area contributed by atoms with E-state index in [1.807, 2.05) is 0 Å². The third kappa shape index (κ3) is 2.52. The lowest BCUT2D eigenvalue weighted by molar-refractivity contribution is -0.144. The number of phenolic OH excluding ortho intramolecular Hbond substituents is 1. The Morgan fingerprint density at radius 3 is 2.67 bits per heavy atom. The summed E-state index contributed by atoms with van der Waals surface area (Å²) in [6, 6.07) is 4.28. The Hall–Kier alpha value is -1.56. The smallest absolute Gasteiger partial charge is 0.308 e.